The summed E-state index contributed by atoms with van der Waals surface area (Å²) in [5.74, 6) is 1.48. The van der Waals surface area contributed by atoms with E-state index in [-0.39, 0.29) is 0 Å². The number of hydrogen-bond donors (Lipinski definition) is 1. The van der Waals surface area contributed by atoms with E-state index < -0.39 is 0 Å². The highest BCUT2D eigenvalue weighted by molar-refractivity contribution is 14.1. The fourth-order valence-corrected chi connectivity index (χ4v) is 2.19. The van der Waals surface area contributed by atoms with Crippen LogP contribution in [0, 0.1) is 3.57 Å². The van der Waals surface area contributed by atoms with E-state index in [2.05, 4.69) is 42.9 Å². The molecule has 94 valence electrons. The maximum atomic E-state index is 5.16. The van der Waals surface area contributed by atoms with Crippen LogP contribution >= 0.6 is 22.6 Å². The molecule has 2 aromatic rings. The van der Waals surface area contributed by atoms with Gasteiger partial charge in [0.25, 0.3) is 0 Å². The fourth-order valence-electron chi connectivity index (χ4n) is 1.52. The second-order valence-electron chi connectivity index (χ2n) is 3.58. The molecule has 0 saturated carbocycles. The average Bonchev–Trinajstić information content (AvgIpc) is 2.42. The van der Waals surface area contributed by atoms with Crippen molar-refractivity contribution in [2.24, 2.45) is 0 Å². The highest BCUT2D eigenvalue weighted by atomic mass is 127. The van der Waals surface area contributed by atoms with Crippen molar-refractivity contribution in [3.8, 4) is 11.4 Å². The van der Waals surface area contributed by atoms with Gasteiger partial charge in [0.1, 0.15) is 5.82 Å². The van der Waals surface area contributed by atoms with Crippen LogP contribution in [0.3, 0.4) is 0 Å². The van der Waals surface area contributed by atoms with Crippen molar-refractivity contribution >= 4 is 28.4 Å². The normalized spacial score (nSPS) is 10.4. The first kappa shape index (κ1) is 13.2. The molecule has 0 radical (unpaired) electrons. The molecular weight excluding hydrogens is 343 g/mol. The van der Waals surface area contributed by atoms with E-state index in [4.69, 9.17) is 4.74 Å². The van der Waals surface area contributed by atoms with Crippen LogP contribution in [0.15, 0.2) is 24.5 Å². The van der Waals surface area contributed by atoms with Crippen molar-refractivity contribution < 1.29 is 4.74 Å². The molecule has 1 N–H and O–H groups in total. The van der Waals surface area contributed by atoms with Crippen LogP contribution in [0.2, 0.25) is 0 Å². The summed E-state index contributed by atoms with van der Waals surface area (Å²) in [7, 11) is 3.50. The molecule has 0 unspecified atom stereocenters. The maximum absolute atomic E-state index is 5.16. The number of methoxy groups -OCH3 is 1. The summed E-state index contributed by atoms with van der Waals surface area (Å²) in [6.07, 6.45) is 3.46. The third kappa shape index (κ3) is 2.75. The first-order chi connectivity index (χ1) is 8.76. The summed E-state index contributed by atoms with van der Waals surface area (Å²) in [5, 5.41) is 3.07. The molecule has 0 atom stereocenters. The Balaban J connectivity index is 2.52. The summed E-state index contributed by atoms with van der Waals surface area (Å²) in [4.78, 5) is 13.0. The minimum absolute atomic E-state index is 0.466. The largest absolute Gasteiger partial charge is 0.378 e. The first-order valence-corrected chi connectivity index (χ1v) is 6.47. The molecule has 0 fully saturated rings. The summed E-state index contributed by atoms with van der Waals surface area (Å²) >= 11 is 2.22. The van der Waals surface area contributed by atoms with Gasteiger partial charge in [0.15, 0.2) is 5.82 Å². The Morgan fingerprint density at radius 1 is 1.28 bits per heavy atom. The summed E-state index contributed by atoms with van der Waals surface area (Å²) in [5.41, 5.74) is 1.82. The van der Waals surface area contributed by atoms with E-state index in [1.165, 1.54) is 0 Å². The van der Waals surface area contributed by atoms with Gasteiger partial charge < -0.3 is 10.1 Å². The summed E-state index contributed by atoms with van der Waals surface area (Å²) in [6.45, 7) is 0.466. The van der Waals surface area contributed by atoms with Crippen LogP contribution in [0.1, 0.15) is 5.69 Å². The highest BCUT2D eigenvalue weighted by Gasteiger charge is 2.12. The number of nitrogens with zero attached hydrogens (tertiary/aromatic N) is 3. The maximum Gasteiger partial charge on any atom is 0.162 e. The molecule has 0 bridgehead atoms. The smallest absolute Gasteiger partial charge is 0.162 e. The Bertz CT molecular complexity index is 533. The fraction of sp³-hybridized carbons (Fsp3) is 0.250. The molecule has 2 rings (SSSR count). The lowest BCUT2D eigenvalue weighted by molar-refractivity contribution is 0.181. The summed E-state index contributed by atoms with van der Waals surface area (Å²) in [6, 6.07) is 3.77. The van der Waals surface area contributed by atoms with Crippen molar-refractivity contribution in [3.05, 3.63) is 33.8 Å². The van der Waals surface area contributed by atoms with E-state index >= 15 is 0 Å². The van der Waals surface area contributed by atoms with E-state index in [1.54, 1.807) is 19.5 Å². The van der Waals surface area contributed by atoms with Crippen molar-refractivity contribution in [3.63, 3.8) is 0 Å². The number of nitrogens with one attached hydrogen (secondary N) is 1. The van der Waals surface area contributed by atoms with Gasteiger partial charge in [-0.25, -0.2) is 9.97 Å². The molecule has 6 heteroatoms. The molecular formula is C12H13IN4O. The molecule has 0 aromatic carbocycles. The van der Waals surface area contributed by atoms with Gasteiger partial charge in [-0.15, -0.1) is 0 Å². The van der Waals surface area contributed by atoms with Crippen LogP contribution in [-0.2, 0) is 11.3 Å². The third-order valence-corrected chi connectivity index (χ3v) is 3.51. The molecule has 0 aliphatic rings. The Morgan fingerprint density at radius 3 is 2.61 bits per heavy atom. The van der Waals surface area contributed by atoms with Crippen LogP contribution in [0.4, 0.5) is 5.82 Å². The first-order valence-electron chi connectivity index (χ1n) is 5.39. The Labute approximate surface area is 119 Å². The van der Waals surface area contributed by atoms with Gasteiger partial charge in [0.2, 0.25) is 0 Å². The SMILES string of the molecule is CNc1nc(-c2ccncc2)nc(COC)c1I. The van der Waals surface area contributed by atoms with E-state index in [0.717, 1.165) is 20.6 Å². The molecule has 0 spiro atoms. The molecule has 0 aliphatic carbocycles. The second-order valence-corrected chi connectivity index (χ2v) is 4.65. The topological polar surface area (TPSA) is 59.9 Å². The molecule has 5 nitrogen and oxygen atoms in total. The minimum atomic E-state index is 0.466. The molecule has 0 aliphatic heterocycles. The quantitative estimate of drug-likeness (QED) is 0.853. The highest BCUT2D eigenvalue weighted by Crippen LogP contribution is 2.23. The number of hydrogen-bond acceptors (Lipinski definition) is 5. The van der Waals surface area contributed by atoms with Crippen LogP contribution < -0.4 is 5.32 Å². The number of halogens is 1. The lowest BCUT2D eigenvalue weighted by atomic mass is 10.2. The number of rotatable bonds is 4. The lowest BCUT2D eigenvalue weighted by Gasteiger charge is -2.10. The van der Waals surface area contributed by atoms with Crippen molar-refractivity contribution in [1.82, 2.24) is 15.0 Å². The predicted molar refractivity (Wildman–Crippen MR) is 78.2 cm³/mol. The second kappa shape index (κ2) is 6.05. The van der Waals surface area contributed by atoms with Crippen LogP contribution in [0.25, 0.3) is 11.4 Å². The zero-order valence-corrected chi connectivity index (χ0v) is 12.3. The number of aromatic nitrogens is 3. The van der Waals surface area contributed by atoms with E-state index in [1.807, 2.05) is 19.2 Å². The Kier molecular flexibility index (Phi) is 4.43. The average molecular weight is 356 g/mol. The Morgan fingerprint density at radius 2 is 2.00 bits per heavy atom. The molecule has 18 heavy (non-hydrogen) atoms. The van der Waals surface area contributed by atoms with Gasteiger partial charge in [-0.1, -0.05) is 0 Å². The third-order valence-electron chi connectivity index (χ3n) is 2.38. The van der Waals surface area contributed by atoms with Gasteiger partial charge >= 0.3 is 0 Å². The molecule has 0 saturated heterocycles. The summed E-state index contributed by atoms with van der Waals surface area (Å²) < 4.78 is 6.15. The van der Waals surface area contributed by atoms with Crippen molar-refractivity contribution in [2.45, 2.75) is 6.61 Å². The lowest BCUT2D eigenvalue weighted by Crippen LogP contribution is -2.06. The van der Waals surface area contributed by atoms with Crippen molar-refractivity contribution in [1.29, 1.82) is 0 Å². The molecule has 2 heterocycles. The zero-order chi connectivity index (χ0) is 13.0. The van der Waals surface area contributed by atoms with Crippen molar-refractivity contribution in [2.75, 3.05) is 19.5 Å². The van der Waals surface area contributed by atoms with Crippen LogP contribution in [-0.4, -0.2) is 29.1 Å². The number of anilines is 1. The monoisotopic (exact) mass is 356 g/mol. The van der Waals surface area contributed by atoms with Gasteiger partial charge in [0.05, 0.1) is 15.9 Å². The van der Waals surface area contributed by atoms with Gasteiger partial charge in [0, 0.05) is 32.1 Å². The zero-order valence-electron chi connectivity index (χ0n) is 10.1. The van der Waals surface area contributed by atoms with E-state index in [0.29, 0.717) is 12.4 Å². The van der Waals surface area contributed by atoms with Gasteiger partial charge in [-0.05, 0) is 34.7 Å². The van der Waals surface area contributed by atoms with Gasteiger partial charge in [-0.2, -0.15) is 0 Å². The minimum Gasteiger partial charge on any atom is -0.378 e. The predicted octanol–water partition coefficient (Wildman–Crippen LogP) is 2.33. The van der Waals surface area contributed by atoms with Gasteiger partial charge in [-0.3, -0.25) is 4.98 Å². The number of ether oxygens (including phenoxy) is 1. The van der Waals surface area contributed by atoms with Crippen LogP contribution in [0.5, 0.6) is 0 Å². The Hall–Kier alpha value is -1.28. The molecule has 0 amide bonds. The number of pyridine rings is 1. The van der Waals surface area contributed by atoms with E-state index in [9.17, 15) is 0 Å². The molecule has 2 aromatic heterocycles. The standard InChI is InChI=1S/C12H13IN4O/c1-14-12-10(13)9(7-18-2)16-11(17-12)8-3-5-15-6-4-8/h3-6H,7H2,1-2H3,(H,14,16,17).